The number of hydrogen-bond donors (Lipinski definition) is 3. The molecule has 0 bridgehead atoms. The average molecular weight is 409 g/mol. The number of aromatic nitrogens is 3. The fourth-order valence-corrected chi connectivity index (χ4v) is 5.14. The quantitative estimate of drug-likeness (QED) is 0.424. The van der Waals surface area contributed by atoms with E-state index in [0.717, 1.165) is 23.9 Å². The summed E-state index contributed by atoms with van der Waals surface area (Å²) >= 11 is 1.88. The van der Waals surface area contributed by atoms with Crippen molar-refractivity contribution < 1.29 is 0 Å². The van der Waals surface area contributed by atoms with Gasteiger partial charge < -0.3 is 10.6 Å². The number of aromatic amines is 1. The monoisotopic (exact) mass is 408 g/mol. The van der Waals surface area contributed by atoms with Crippen molar-refractivity contribution in [3.8, 4) is 11.4 Å². The number of rotatable bonds is 6. The minimum Gasteiger partial charge on any atom is -0.355 e. The summed E-state index contributed by atoms with van der Waals surface area (Å²) in [5, 5.41) is 16.1. The van der Waals surface area contributed by atoms with Gasteiger partial charge in [-0.2, -0.15) is 5.10 Å². The summed E-state index contributed by atoms with van der Waals surface area (Å²) in [6.07, 6.45) is 7.98. The number of aliphatic imine (C=N–C) groups is 1. The highest BCUT2D eigenvalue weighted by atomic mass is 32.1. The van der Waals surface area contributed by atoms with Crippen molar-refractivity contribution in [2.24, 2.45) is 4.99 Å². The summed E-state index contributed by atoms with van der Waals surface area (Å²) in [6.45, 7) is 1.62. The number of nitrogens with zero attached hydrogens (tertiary/aromatic N) is 3. The third kappa shape index (κ3) is 4.67. The third-order valence-corrected chi connectivity index (χ3v) is 6.86. The van der Waals surface area contributed by atoms with Gasteiger partial charge in [0, 0.05) is 36.0 Å². The molecule has 1 fully saturated rings. The molecule has 1 saturated carbocycles. The average Bonchev–Trinajstić information content (AvgIpc) is 3.49. The second-order valence-corrected chi connectivity index (χ2v) is 8.58. The van der Waals surface area contributed by atoms with E-state index in [0.29, 0.717) is 6.54 Å². The van der Waals surface area contributed by atoms with Gasteiger partial charge in [0.15, 0.2) is 11.8 Å². The highest BCUT2D eigenvalue weighted by Gasteiger charge is 2.34. The van der Waals surface area contributed by atoms with Crippen molar-refractivity contribution in [1.82, 2.24) is 25.8 Å². The lowest BCUT2D eigenvalue weighted by atomic mass is 9.73. The van der Waals surface area contributed by atoms with E-state index in [1.54, 1.807) is 0 Å². The number of benzene rings is 1. The number of guanidine groups is 1. The molecule has 0 atom stereocenters. The van der Waals surface area contributed by atoms with Crippen LogP contribution >= 0.6 is 11.3 Å². The molecule has 3 N–H and O–H groups in total. The van der Waals surface area contributed by atoms with Crippen LogP contribution < -0.4 is 10.6 Å². The largest absolute Gasteiger partial charge is 0.355 e. The molecule has 2 aromatic heterocycles. The molecular formula is C22H28N6S. The Kier molecular flexibility index (Phi) is 6.24. The summed E-state index contributed by atoms with van der Waals surface area (Å²) in [7, 11) is 1.83. The summed E-state index contributed by atoms with van der Waals surface area (Å²) in [6, 6.07) is 12.8. The Morgan fingerprint density at radius 2 is 2.07 bits per heavy atom. The van der Waals surface area contributed by atoms with E-state index in [-0.39, 0.29) is 5.41 Å². The molecule has 0 unspecified atom stereocenters. The van der Waals surface area contributed by atoms with Crippen LogP contribution in [-0.2, 0) is 12.0 Å². The Bertz CT molecular complexity index is 911. The van der Waals surface area contributed by atoms with E-state index < -0.39 is 0 Å². The minimum atomic E-state index is 0.232. The molecule has 3 aromatic rings. The fraction of sp³-hybridized carbons (Fsp3) is 0.409. The molecule has 6 nitrogen and oxygen atoms in total. The second-order valence-electron chi connectivity index (χ2n) is 7.63. The van der Waals surface area contributed by atoms with Crippen LogP contribution in [0.25, 0.3) is 11.4 Å². The van der Waals surface area contributed by atoms with Crippen LogP contribution in [0.5, 0.6) is 0 Å². The summed E-state index contributed by atoms with van der Waals surface area (Å²) < 4.78 is 0. The standard InChI is InChI=1S/C22H28N6S/c1-23-21(24-14-17-7-5-8-18(13-17)20-26-16-27-28-20)25-15-22(10-3-2-4-11-22)19-9-6-12-29-19/h5-9,12-13,16H,2-4,10-11,14-15H2,1H3,(H2,23,24,25)(H,26,27,28). The fourth-order valence-electron chi connectivity index (χ4n) is 4.15. The van der Waals surface area contributed by atoms with Gasteiger partial charge in [0.05, 0.1) is 0 Å². The predicted octanol–water partition coefficient (Wildman–Crippen LogP) is 4.10. The highest BCUT2D eigenvalue weighted by Crippen LogP contribution is 2.41. The van der Waals surface area contributed by atoms with Crippen molar-refractivity contribution in [3.05, 3.63) is 58.5 Å². The molecule has 4 rings (SSSR count). The van der Waals surface area contributed by atoms with Gasteiger partial charge in [-0.3, -0.25) is 10.1 Å². The first kappa shape index (κ1) is 19.6. The Morgan fingerprint density at radius 3 is 2.79 bits per heavy atom. The van der Waals surface area contributed by atoms with Gasteiger partial charge in [0.1, 0.15) is 6.33 Å². The summed E-state index contributed by atoms with van der Waals surface area (Å²) in [4.78, 5) is 10.2. The molecule has 29 heavy (non-hydrogen) atoms. The van der Waals surface area contributed by atoms with Crippen LogP contribution in [0.1, 0.15) is 42.5 Å². The molecule has 0 radical (unpaired) electrons. The van der Waals surface area contributed by atoms with E-state index in [1.165, 1.54) is 48.9 Å². The number of H-pyrrole nitrogens is 1. The van der Waals surface area contributed by atoms with Gasteiger partial charge >= 0.3 is 0 Å². The Balaban J connectivity index is 1.38. The van der Waals surface area contributed by atoms with Crippen molar-refractivity contribution in [1.29, 1.82) is 0 Å². The van der Waals surface area contributed by atoms with Crippen LogP contribution in [0.15, 0.2) is 53.1 Å². The van der Waals surface area contributed by atoms with E-state index in [4.69, 9.17) is 0 Å². The molecule has 152 valence electrons. The van der Waals surface area contributed by atoms with Crippen molar-refractivity contribution in [2.45, 2.75) is 44.1 Å². The number of thiophene rings is 1. The van der Waals surface area contributed by atoms with Gasteiger partial charge in [0.25, 0.3) is 0 Å². The van der Waals surface area contributed by atoms with Gasteiger partial charge in [0.2, 0.25) is 0 Å². The number of hydrogen-bond acceptors (Lipinski definition) is 4. The van der Waals surface area contributed by atoms with Gasteiger partial charge in [-0.15, -0.1) is 11.3 Å². The number of nitrogens with one attached hydrogen (secondary N) is 3. The molecule has 2 heterocycles. The molecule has 0 spiro atoms. The maximum Gasteiger partial charge on any atom is 0.191 e. The van der Waals surface area contributed by atoms with Crippen LogP contribution in [0.4, 0.5) is 0 Å². The van der Waals surface area contributed by atoms with Gasteiger partial charge in [-0.05, 0) is 35.9 Å². The molecule has 1 aliphatic rings. The van der Waals surface area contributed by atoms with Crippen LogP contribution in [0.3, 0.4) is 0 Å². The maximum absolute atomic E-state index is 4.44. The third-order valence-electron chi connectivity index (χ3n) is 5.75. The van der Waals surface area contributed by atoms with E-state index in [1.807, 2.05) is 30.5 Å². The zero-order valence-electron chi connectivity index (χ0n) is 16.8. The lowest BCUT2D eigenvalue weighted by Crippen LogP contribution is -2.46. The zero-order valence-corrected chi connectivity index (χ0v) is 17.6. The first-order valence-corrected chi connectivity index (χ1v) is 11.1. The predicted molar refractivity (Wildman–Crippen MR) is 119 cm³/mol. The minimum absolute atomic E-state index is 0.232. The summed E-state index contributed by atoms with van der Waals surface area (Å²) in [5.41, 5.74) is 2.44. The first-order chi connectivity index (χ1) is 14.3. The zero-order chi connectivity index (χ0) is 19.9. The van der Waals surface area contributed by atoms with E-state index >= 15 is 0 Å². The lowest BCUT2D eigenvalue weighted by molar-refractivity contribution is 0.296. The molecule has 0 aliphatic heterocycles. The van der Waals surface area contributed by atoms with Crippen LogP contribution in [0, 0.1) is 0 Å². The highest BCUT2D eigenvalue weighted by molar-refractivity contribution is 7.10. The molecule has 1 aliphatic carbocycles. The van der Waals surface area contributed by atoms with Crippen LogP contribution in [0.2, 0.25) is 0 Å². The first-order valence-electron chi connectivity index (χ1n) is 10.2. The molecule has 1 aromatic carbocycles. The van der Waals surface area contributed by atoms with Gasteiger partial charge in [-0.25, -0.2) is 4.98 Å². The smallest absolute Gasteiger partial charge is 0.191 e. The Hall–Kier alpha value is -2.67. The van der Waals surface area contributed by atoms with Crippen molar-refractivity contribution >= 4 is 17.3 Å². The molecule has 0 amide bonds. The van der Waals surface area contributed by atoms with E-state index in [9.17, 15) is 0 Å². The second kappa shape index (κ2) is 9.22. The molecular weight excluding hydrogens is 380 g/mol. The lowest BCUT2D eigenvalue weighted by Gasteiger charge is -2.37. The van der Waals surface area contributed by atoms with Crippen molar-refractivity contribution in [3.63, 3.8) is 0 Å². The van der Waals surface area contributed by atoms with Crippen molar-refractivity contribution in [2.75, 3.05) is 13.6 Å². The van der Waals surface area contributed by atoms with E-state index in [2.05, 4.69) is 60.5 Å². The molecule has 7 heteroatoms. The van der Waals surface area contributed by atoms with Gasteiger partial charge in [-0.1, -0.05) is 43.5 Å². The molecule has 0 saturated heterocycles. The SMILES string of the molecule is CN=C(NCc1cccc(-c2ncn[nH]2)c1)NCC1(c2cccs2)CCCCC1. The normalized spacial score (nSPS) is 16.5. The summed E-state index contributed by atoms with van der Waals surface area (Å²) in [5.74, 6) is 1.63. The Morgan fingerprint density at radius 1 is 1.17 bits per heavy atom. The Labute approximate surface area is 175 Å². The van der Waals surface area contributed by atoms with Crippen LogP contribution in [-0.4, -0.2) is 34.7 Å². The topological polar surface area (TPSA) is 78.0 Å². The maximum atomic E-state index is 4.44.